The third-order valence-corrected chi connectivity index (χ3v) is 6.30. The second-order valence-corrected chi connectivity index (χ2v) is 8.41. The number of hydrogen-bond acceptors (Lipinski definition) is 7. The molecule has 2 heterocycles. The van der Waals surface area contributed by atoms with Crippen molar-refractivity contribution in [1.82, 2.24) is 9.88 Å². The van der Waals surface area contributed by atoms with Gasteiger partial charge in [-0.3, -0.25) is 14.6 Å². The Morgan fingerprint density at radius 3 is 2.79 bits per heavy atom. The molecule has 2 aromatic carbocycles. The van der Waals surface area contributed by atoms with Crippen molar-refractivity contribution in [3.05, 3.63) is 48.3 Å². The Morgan fingerprint density at radius 1 is 1.24 bits per heavy atom. The predicted octanol–water partition coefficient (Wildman–Crippen LogP) is 4.00. The van der Waals surface area contributed by atoms with Gasteiger partial charge in [0.25, 0.3) is 5.91 Å². The summed E-state index contributed by atoms with van der Waals surface area (Å²) in [5.41, 5.74) is 0.798. The first kappa shape index (κ1) is 25.2. The minimum atomic E-state index is -0.494. The van der Waals surface area contributed by atoms with Gasteiger partial charge in [0.05, 0.1) is 30.5 Å². The Morgan fingerprint density at radius 2 is 2.03 bits per heavy atom. The number of anilines is 1. The Labute approximate surface area is 202 Å². The van der Waals surface area contributed by atoms with Gasteiger partial charge in [-0.2, -0.15) is 0 Å². The van der Waals surface area contributed by atoms with E-state index in [0.29, 0.717) is 11.7 Å². The van der Waals surface area contributed by atoms with E-state index in [-0.39, 0.29) is 30.7 Å². The first-order chi connectivity index (χ1) is 15.6. The zero-order chi connectivity index (χ0) is 22.3. The number of aromatic nitrogens is 1. The summed E-state index contributed by atoms with van der Waals surface area (Å²) in [5, 5.41) is 0.595. The van der Waals surface area contributed by atoms with E-state index < -0.39 is 5.82 Å². The second-order valence-electron chi connectivity index (χ2n) is 7.40. The number of halogens is 2. The van der Waals surface area contributed by atoms with Crippen molar-refractivity contribution >= 4 is 45.0 Å². The highest BCUT2D eigenvalue weighted by atomic mass is 35.5. The van der Waals surface area contributed by atoms with Crippen LogP contribution in [-0.4, -0.2) is 68.9 Å². The standard InChI is InChI=1S/C23H26FN3O4S.ClH/c1-29-17-7-8-19-21(15-17)32-23(25-19)27(10-4-9-26-11-13-30-14-12-26)22(28)16-31-20-6-3-2-5-18(20)24;/h2-3,5-8,15H,4,9-14,16H2,1H3;1H. The van der Waals surface area contributed by atoms with Crippen molar-refractivity contribution in [3.8, 4) is 11.5 Å². The normalized spacial score (nSPS) is 14.0. The summed E-state index contributed by atoms with van der Waals surface area (Å²) >= 11 is 1.42. The van der Waals surface area contributed by atoms with Crippen LogP contribution in [0.3, 0.4) is 0 Å². The van der Waals surface area contributed by atoms with Gasteiger partial charge >= 0.3 is 0 Å². The quantitative estimate of drug-likeness (QED) is 0.447. The van der Waals surface area contributed by atoms with Crippen LogP contribution in [-0.2, 0) is 9.53 Å². The Kier molecular flexibility index (Phi) is 9.25. The number of para-hydroxylation sites is 1. The van der Waals surface area contributed by atoms with Gasteiger partial charge in [-0.1, -0.05) is 23.5 Å². The molecular weight excluding hydrogens is 469 g/mol. The lowest BCUT2D eigenvalue weighted by Crippen LogP contribution is -2.40. The minimum absolute atomic E-state index is 0. The fourth-order valence-electron chi connectivity index (χ4n) is 3.52. The van der Waals surface area contributed by atoms with Crippen LogP contribution in [0.15, 0.2) is 42.5 Å². The first-order valence-electron chi connectivity index (χ1n) is 10.6. The zero-order valence-electron chi connectivity index (χ0n) is 18.4. The van der Waals surface area contributed by atoms with Gasteiger partial charge in [-0.15, -0.1) is 12.4 Å². The number of fused-ring (bicyclic) bond motifs is 1. The highest BCUT2D eigenvalue weighted by molar-refractivity contribution is 7.22. The molecule has 1 aliphatic rings. The summed E-state index contributed by atoms with van der Waals surface area (Å²) in [4.78, 5) is 21.7. The van der Waals surface area contributed by atoms with Gasteiger partial charge in [0, 0.05) is 26.2 Å². The number of carbonyl (C=O) groups excluding carboxylic acids is 1. The molecule has 4 rings (SSSR count). The maximum absolute atomic E-state index is 13.9. The van der Waals surface area contributed by atoms with Gasteiger partial charge in [0.1, 0.15) is 5.75 Å². The van der Waals surface area contributed by atoms with Crippen molar-refractivity contribution in [1.29, 1.82) is 0 Å². The largest absolute Gasteiger partial charge is 0.497 e. The number of carbonyl (C=O) groups is 1. The molecule has 178 valence electrons. The number of methoxy groups -OCH3 is 1. The number of amides is 1. The van der Waals surface area contributed by atoms with Crippen molar-refractivity contribution in [2.45, 2.75) is 6.42 Å². The summed E-state index contributed by atoms with van der Waals surface area (Å²) in [6.45, 7) is 4.35. The zero-order valence-corrected chi connectivity index (χ0v) is 20.0. The highest BCUT2D eigenvalue weighted by Gasteiger charge is 2.21. The number of rotatable bonds is 9. The fourth-order valence-corrected chi connectivity index (χ4v) is 4.56. The number of ether oxygens (including phenoxy) is 3. The van der Waals surface area contributed by atoms with Crippen LogP contribution in [0, 0.1) is 5.82 Å². The maximum Gasteiger partial charge on any atom is 0.266 e. The number of thiazole rings is 1. The van der Waals surface area contributed by atoms with E-state index >= 15 is 0 Å². The Balaban J connectivity index is 0.00000306. The van der Waals surface area contributed by atoms with E-state index in [4.69, 9.17) is 14.2 Å². The Hall–Kier alpha value is -2.46. The fraction of sp³-hybridized carbons (Fsp3) is 0.391. The molecule has 0 spiro atoms. The molecule has 1 fully saturated rings. The van der Waals surface area contributed by atoms with Gasteiger partial charge in [0.15, 0.2) is 23.3 Å². The van der Waals surface area contributed by atoms with Gasteiger partial charge in [-0.25, -0.2) is 9.37 Å². The topological polar surface area (TPSA) is 64.1 Å². The molecule has 0 aliphatic carbocycles. The van der Waals surface area contributed by atoms with E-state index in [9.17, 15) is 9.18 Å². The number of benzene rings is 2. The number of nitrogens with zero attached hydrogens (tertiary/aromatic N) is 3. The van der Waals surface area contributed by atoms with Crippen LogP contribution in [0.2, 0.25) is 0 Å². The van der Waals surface area contributed by atoms with E-state index in [2.05, 4.69) is 9.88 Å². The third-order valence-electron chi connectivity index (χ3n) is 5.26. The van der Waals surface area contributed by atoms with Crippen molar-refractivity contribution < 1.29 is 23.4 Å². The van der Waals surface area contributed by atoms with Crippen LogP contribution in [0.25, 0.3) is 10.2 Å². The molecule has 1 amide bonds. The summed E-state index contributed by atoms with van der Waals surface area (Å²) in [5.74, 6) is 0.0384. The first-order valence-corrected chi connectivity index (χ1v) is 11.4. The lowest BCUT2D eigenvalue weighted by atomic mass is 10.3. The lowest BCUT2D eigenvalue weighted by Gasteiger charge is -2.27. The maximum atomic E-state index is 13.9. The van der Waals surface area contributed by atoms with E-state index in [1.54, 1.807) is 24.1 Å². The summed E-state index contributed by atoms with van der Waals surface area (Å²) < 4.78 is 31.0. The molecule has 0 N–H and O–H groups in total. The average molecular weight is 496 g/mol. The molecule has 1 aromatic heterocycles. The number of hydrogen-bond donors (Lipinski definition) is 0. The predicted molar refractivity (Wildman–Crippen MR) is 130 cm³/mol. The Bertz CT molecular complexity index is 1060. The summed E-state index contributed by atoms with van der Waals surface area (Å²) in [6, 6.07) is 11.7. The second kappa shape index (κ2) is 12.1. The molecule has 10 heteroatoms. The molecule has 33 heavy (non-hydrogen) atoms. The monoisotopic (exact) mass is 495 g/mol. The van der Waals surface area contributed by atoms with Crippen LogP contribution in [0.1, 0.15) is 6.42 Å². The lowest BCUT2D eigenvalue weighted by molar-refractivity contribution is -0.120. The van der Waals surface area contributed by atoms with Crippen molar-refractivity contribution in [2.75, 3.05) is 58.0 Å². The van der Waals surface area contributed by atoms with Crippen LogP contribution < -0.4 is 14.4 Å². The van der Waals surface area contributed by atoms with E-state index in [1.807, 2.05) is 18.2 Å². The molecule has 0 radical (unpaired) electrons. The van der Waals surface area contributed by atoms with Crippen molar-refractivity contribution in [2.24, 2.45) is 0 Å². The van der Waals surface area contributed by atoms with Crippen LogP contribution in [0.5, 0.6) is 11.5 Å². The SMILES string of the molecule is COc1ccc2nc(N(CCCN3CCOCC3)C(=O)COc3ccccc3F)sc2c1.Cl. The number of morpholine rings is 1. The molecular formula is C23H27ClFN3O4S. The highest BCUT2D eigenvalue weighted by Crippen LogP contribution is 2.31. The molecule has 0 unspecified atom stereocenters. The minimum Gasteiger partial charge on any atom is -0.497 e. The van der Waals surface area contributed by atoms with E-state index in [0.717, 1.165) is 55.2 Å². The smallest absolute Gasteiger partial charge is 0.266 e. The van der Waals surface area contributed by atoms with Gasteiger partial charge < -0.3 is 14.2 Å². The van der Waals surface area contributed by atoms with E-state index in [1.165, 1.54) is 23.5 Å². The molecule has 0 atom stereocenters. The van der Waals surface area contributed by atoms with Crippen LogP contribution >= 0.6 is 23.7 Å². The molecule has 0 saturated carbocycles. The molecule has 0 bridgehead atoms. The molecule has 7 nitrogen and oxygen atoms in total. The average Bonchev–Trinajstić information content (AvgIpc) is 3.24. The third kappa shape index (κ3) is 6.54. The molecule has 1 aliphatic heterocycles. The van der Waals surface area contributed by atoms with Gasteiger partial charge in [-0.05, 0) is 36.8 Å². The summed E-state index contributed by atoms with van der Waals surface area (Å²) in [6.07, 6.45) is 0.782. The summed E-state index contributed by atoms with van der Waals surface area (Å²) in [7, 11) is 1.62. The molecule has 3 aromatic rings. The van der Waals surface area contributed by atoms with Crippen LogP contribution in [0.4, 0.5) is 9.52 Å². The van der Waals surface area contributed by atoms with Gasteiger partial charge in [0.2, 0.25) is 0 Å². The van der Waals surface area contributed by atoms with Crippen molar-refractivity contribution in [3.63, 3.8) is 0 Å². The molecule has 1 saturated heterocycles.